The Morgan fingerprint density at radius 3 is 3.00 bits per heavy atom. The molecule has 102 valence electrons. The molecule has 0 aliphatic rings. The highest BCUT2D eigenvalue weighted by molar-refractivity contribution is 5.66. The predicted molar refractivity (Wildman–Crippen MR) is 71.2 cm³/mol. The number of rotatable bonds is 8. The number of hydrogen-bond donors (Lipinski definition) is 1. The summed E-state index contributed by atoms with van der Waals surface area (Å²) in [6, 6.07) is 6.12. The fraction of sp³-hybridized carbons (Fsp3) is 0.500. The summed E-state index contributed by atoms with van der Waals surface area (Å²) in [4.78, 5) is 16.8. The molecule has 19 heavy (non-hydrogen) atoms. The third-order valence-electron chi connectivity index (χ3n) is 3.02. The molecule has 1 aromatic rings. The lowest BCUT2D eigenvalue weighted by Gasteiger charge is -2.28. The maximum Gasteiger partial charge on any atom is 0.303 e. The third-order valence-corrected chi connectivity index (χ3v) is 3.02. The molecule has 0 saturated carbocycles. The summed E-state index contributed by atoms with van der Waals surface area (Å²) in [5.74, 6) is -0.784. The van der Waals surface area contributed by atoms with Crippen LogP contribution in [0.1, 0.15) is 31.7 Å². The van der Waals surface area contributed by atoms with Gasteiger partial charge in [0, 0.05) is 44.4 Å². The van der Waals surface area contributed by atoms with Crippen molar-refractivity contribution >= 4 is 5.97 Å². The SMILES string of the molecule is CC(CCC(=O)O)N(CCC#N)Cc1cccnc1. The number of nitrogens with zero attached hydrogens (tertiary/aromatic N) is 3. The monoisotopic (exact) mass is 261 g/mol. The van der Waals surface area contributed by atoms with E-state index in [2.05, 4.69) is 16.0 Å². The molecule has 0 aliphatic heterocycles. The molecule has 0 aromatic carbocycles. The first-order chi connectivity index (χ1) is 9.13. The van der Waals surface area contributed by atoms with E-state index in [1.54, 1.807) is 12.4 Å². The van der Waals surface area contributed by atoms with Crippen LogP contribution in [-0.2, 0) is 11.3 Å². The average Bonchev–Trinajstić information content (AvgIpc) is 2.41. The van der Waals surface area contributed by atoms with E-state index in [0.29, 0.717) is 25.9 Å². The molecule has 1 rings (SSSR count). The van der Waals surface area contributed by atoms with E-state index in [9.17, 15) is 4.79 Å². The van der Waals surface area contributed by atoms with Crippen LogP contribution in [0.3, 0.4) is 0 Å². The molecule has 1 aromatic heterocycles. The van der Waals surface area contributed by atoms with E-state index in [1.165, 1.54) is 0 Å². The van der Waals surface area contributed by atoms with Gasteiger partial charge in [0.25, 0.3) is 0 Å². The van der Waals surface area contributed by atoms with Crippen molar-refractivity contribution in [2.75, 3.05) is 6.54 Å². The van der Waals surface area contributed by atoms with Crippen LogP contribution in [0.25, 0.3) is 0 Å². The number of carbonyl (C=O) groups is 1. The summed E-state index contributed by atoms with van der Waals surface area (Å²) in [5.41, 5.74) is 1.07. The molecule has 1 heterocycles. The Morgan fingerprint density at radius 2 is 2.42 bits per heavy atom. The second kappa shape index (κ2) is 8.22. The van der Waals surface area contributed by atoms with Crippen molar-refractivity contribution in [3.63, 3.8) is 0 Å². The second-order valence-corrected chi connectivity index (χ2v) is 4.52. The Kier molecular flexibility index (Phi) is 6.55. The number of nitriles is 1. The fourth-order valence-corrected chi connectivity index (χ4v) is 1.89. The van der Waals surface area contributed by atoms with E-state index in [4.69, 9.17) is 10.4 Å². The van der Waals surface area contributed by atoms with Gasteiger partial charge in [0.05, 0.1) is 6.07 Å². The molecule has 1 unspecified atom stereocenters. The number of hydrogen-bond acceptors (Lipinski definition) is 4. The first-order valence-electron chi connectivity index (χ1n) is 6.35. The minimum atomic E-state index is -0.784. The molecule has 0 fully saturated rings. The summed E-state index contributed by atoms with van der Waals surface area (Å²) in [6.45, 7) is 3.33. The largest absolute Gasteiger partial charge is 0.481 e. The van der Waals surface area contributed by atoms with E-state index >= 15 is 0 Å². The van der Waals surface area contributed by atoms with Crippen LogP contribution in [0.15, 0.2) is 24.5 Å². The molecular formula is C14H19N3O2. The van der Waals surface area contributed by atoms with Gasteiger partial charge in [0.2, 0.25) is 0 Å². The van der Waals surface area contributed by atoms with Crippen molar-refractivity contribution in [1.82, 2.24) is 9.88 Å². The Balaban J connectivity index is 2.60. The van der Waals surface area contributed by atoms with Crippen molar-refractivity contribution in [2.45, 2.75) is 38.8 Å². The van der Waals surface area contributed by atoms with Crippen molar-refractivity contribution in [1.29, 1.82) is 5.26 Å². The number of pyridine rings is 1. The highest BCUT2D eigenvalue weighted by Gasteiger charge is 2.15. The van der Waals surface area contributed by atoms with E-state index in [1.807, 2.05) is 19.1 Å². The minimum absolute atomic E-state index is 0.129. The van der Waals surface area contributed by atoms with Crippen molar-refractivity contribution in [3.05, 3.63) is 30.1 Å². The lowest BCUT2D eigenvalue weighted by Crippen LogP contribution is -2.33. The van der Waals surface area contributed by atoms with Crippen LogP contribution < -0.4 is 0 Å². The van der Waals surface area contributed by atoms with Crippen molar-refractivity contribution in [2.24, 2.45) is 0 Å². The van der Waals surface area contributed by atoms with Gasteiger partial charge in [-0.1, -0.05) is 6.07 Å². The average molecular weight is 261 g/mol. The zero-order valence-corrected chi connectivity index (χ0v) is 11.1. The van der Waals surface area contributed by atoms with Crippen molar-refractivity contribution in [3.8, 4) is 6.07 Å². The zero-order chi connectivity index (χ0) is 14.1. The van der Waals surface area contributed by atoms with Gasteiger partial charge in [-0.05, 0) is 25.0 Å². The van der Waals surface area contributed by atoms with Gasteiger partial charge in [-0.2, -0.15) is 5.26 Å². The predicted octanol–water partition coefficient (Wildman–Crippen LogP) is 2.05. The van der Waals surface area contributed by atoms with E-state index < -0.39 is 5.97 Å². The normalized spacial score (nSPS) is 12.1. The standard InChI is InChI=1S/C14H19N3O2/c1-12(5-6-14(18)19)17(9-3-7-15)11-13-4-2-8-16-10-13/h2,4,8,10,12H,3,5-6,9,11H2,1H3,(H,18,19). The first-order valence-corrected chi connectivity index (χ1v) is 6.35. The van der Waals surface area contributed by atoms with Gasteiger partial charge in [0.15, 0.2) is 0 Å². The van der Waals surface area contributed by atoms with Crippen molar-refractivity contribution < 1.29 is 9.90 Å². The molecule has 0 amide bonds. The molecule has 1 atom stereocenters. The highest BCUT2D eigenvalue weighted by Crippen LogP contribution is 2.12. The lowest BCUT2D eigenvalue weighted by atomic mass is 10.1. The summed E-state index contributed by atoms with van der Waals surface area (Å²) in [6.07, 6.45) is 4.69. The summed E-state index contributed by atoms with van der Waals surface area (Å²) < 4.78 is 0. The number of aliphatic carboxylic acids is 1. The lowest BCUT2D eigenvalue weighted by molar-refractivity contribution is -0.137. The Labute approximate surface area is 113 Å². The molecule has 5 nitrogen and oxygen atoms in total. The topological polar surface area (TPSA) is 77.2 Å². The van der Waals surface area contributed by atoms with Gasteiger partial charge in [-0.25, -0.2) is 0 Å². The van der Waals surface area contributed by atoms with Crippen LogP contribution in [0, 0.1) is 11.3 Å². The maximum absolute atomic E-state index is 10.6. The Hall–Kier alpha value is -1.93. The quantitative estimate of drug-likeness (QED) is 0.775. The molecular weight excluding hydrogens is 242 g/mol. The minimum Gasteiger partial charge on any atom is -0.481 e. The van der Waals surface area contributed by atoms with Crippen LogP contribution in [0.4, 0.5) is 0 Å². The molecule has 0 aliphatic carbocycles. The molecule has 1 N–H and O–H groups in total. The summed E-state index contributed by atoms with van der Waals surface area (Å²) in [7, 11) is 0. The number of aromatic nitrogens is 1. The first kappa shape index (κ1) is 15.1. The van der Waals surface area contributed by atoms with Gasteiger partial charge in [-0.15, -0.1) is 0 Å². The van der Waals surface area contributed by atoms with Crippen LogP contribution in [0.2, 0.25) is 0 Å². The smallest absolute Gasteiger partial charge is 0.303 e. The Morgan fingerprint density at radius 1 is 1.63 bits per heavy atom. The third kappa shape index (κ3) is 5.98. The molecule has 0 radical (unpaired) electrons. The maximum atomic E-state index is 10.6. The second-order valence-electron chi connectivity index (χ2n) is 4.52. The molecule has 0 saturated heterocycles. The Bertz CT molecular complexity index is 428. The van der Waals surface area contributed by atoms with Crippen LogP contribution in [0.5, 0.6) is 0 Å². The van der Waals surface area contributed by atoms with Gasteiger partial charge in [0.1, 0.15) is 0 Å². The number of carboxylic acid groups (broad SMARTS) is 1. The van der Waals surface area contributed by atoms with E-state index in [0.717, 1.165) is 5.56 Å². The zero-order valence-electron chi connectivity index (χ0n) is 11.1. The molecule has 5 heteroatoms. The van der Waals surface area contributed by atoms with Crippen LogP contribution >= 0.6 is 0 Å². The molecule has 0 bridgehead atoms. The van der Waals surface area contributed by atoms with E-state index in [-0.39, 0.29) is 12.5 Å². The van der Waals surface area contributed by atoms with Gasteiger partial charge >= 0.3 is 5.97 Å². The fourth-order valence-electron chi connectivity index (χ4n) is 1.89. The number of carboxylic acids is 1. The molecule has 0 spiro atoms. The van der Waals surface area contributed by atoms with Gasteiger partial charge in [-0.3, -0.25) is 14.7 Å². The van der Waals surface area contributed by atoms with Gasteiger partial charge < -0.3 is 5.11 Å². The summed E-state index contributed by atoms with van der Waals surface area (Å²) >= 11 is 0. The van der Waals surface area contributed by atoms with Crippen LogP contribution in [-0.4, -0.2) is 33.5 Å². The highest BCUT2D eigenvalue weighted by atomic mass is 16.4. The summed E-state index contributed by atoms with van der Waals surface area (Å²) in [5, 5.41) is 17.4.